The highest BCUT2D eigenvalue weighted by atomic mass is 16.5. The lowest BCUT2D eigenvalue weighted by Crippen LogP contribution is -2.59. The quantitative estimate of drug-likeness (QED) is 0.866. The van der Waals surface area contributed by atoms with Gasteiger partial charge in [0.25, 0.3) is 5.91 Å². The summed E-state index contributed by atoms with van der Waals surface area (Å²) < 4.78 is 11.5. The molecule has 0 spiro atoms. The second-order valence-corrected chi connectivity index (χ2v) is 6.73. The van der Waals surface area contributed by atoms with Crippen LogP contribution in [0.5, 0.6) is 5.75 Å². The van der Waals surface area contributed by atoms with Crippen LogP contribution in [0.1, 0.15) is 27.7 Å². The van der Waals surface area contributed by atoms with Gasteiger partial charge in [0.05, 0.1) is 11.2 Å². The number of nitrogens with zero attached hydrogens (tertiary/aromatic N) is 1. The van der Waals surface area contributed by atoms with Gasteiger partial charge in [0.2, 0.25) is 0 Å². The molecule has 0 atom stereocenters. The van der Waals surface area contributed by atoms with Crippen LogP contribution in [0.4, 0.5) is 5.69 Å². The van der Waals surface area contributed by atoms with Gasteiger partial charge in [-0.2, -0.15) is 0 Å². The Hall–Kier alpha value is -1.75. The van der Waals surface area contributed by atoms with Crippen LogP contribution in [0.15, 0.2) is 24.3 Å². The summed E-state index contributed by atoms with van der Waals surface area (Å²) >= 11 is 0. The minimum absolute atomic E-state index is 0.0239. The number of hydrogen-bond acceptors (Lipinski definition) is 4. The van der Waals surface area contributed by atoms with Gasteiger partial charge in [-0.1, -0.05) is 0 Å². The molecular weight excluding hydrogens is 268 g/mol. The molecule has 5 nitrogen and oxygen atoms in total. The van der Waals surface area contributed by atoms with E-state index in [0.29, 0.717) is 24.5 Å². The lowest BCUT2D eigenvalue weighted by atomic mass is 9.99. The molecule has 1 fully saturated rings. The van der Waals surface area contributed by atoms with E-state index in [1.54, 1.807) is 29.2 Å². The van der Waals surface area contributed by atoms with E-state index in [1.165, 1.54) is 0 Å². The lowest BCUT2D eigenvalue weighted by Gasteiger charge is -2.47. The molecule has 0 unspecified atom stereocenters. The van der Waals surface area contributed by atoms with Crippen molar-refractivity contribution < 1.29 is 14.3 Å². The molecule has 2 rings (SSSR count). The van der Waals surface area contributed by atoms with Crippen LogP contribution in [0, 0.1) is 0 Å². The molecule has 1 aliphatic rings. The fourth-order valence-corrected chi connectivity index (χ4v) is 2.76. The highest BCUT2D eigenvalue weighted by Gasteiger charge is 2.39. The maximum atomic E-state index is 12.3. The summed E-state index contributed by atoms with van der Waals surface area (Å²) in [6, 6.07) is 7.02. The van der Waals surface area contributed by atoms with Crippen LogP contribution in [0.25, 0.3) is 0 Å². The maximum absolute atomic E-state index is 12.3. The van der Waals surface area contributed by atoms with E-state index in [-0.39, 0.29) is 23.7 Å². The van der Waals surface area contributed by atoms with E-state index in [1.807, 2.05) is 27.7 Å². The number of nitrogens with two attached hydrogens (primary N) is 1. The van der Waals surface area contributed by atoms with E-state index in [9.17, 15) is 4.79 Å². The average Bonchev–Trinajstić information content (AvgIpc) is 2.34. The SMILES string of the molecule is CC1(C)CN(C(=O)COc2ccc(N)cc2)CC(C)(C)O1. The summed E-state index contributed by atoms with van der Waals surface area (Å²) in [6.07, 6.45) is 0. The number of rotatable bonds is 3. The maximum Gasteiger partial charge on any atom is 0.260 e. The Balaban J connectivity index is 1.95. The number of ether oxygens (including phenoxy) is 2. The van der Waals surface area contributed by atoms with Gasteiger partial charge in [-0.25, -0.2) is 0 Å². The molecule has 1 saturated heterocycles. The number of hydrogen-bond donors (Lipinski definition) is 1. The van der Waals surface area contributed by atoms with Crippen LogP contribution in [-0.4, -0.2) is 41.7 Å². The molecule has 1 heterocycles. The molecule has 5 heteroatoms. The molecular formula is C16H24N2O3. The van der Waals surface area contributed by atoms with E-state index >= 15 is 0 Å². The minimum atomic E-state index is -0.349. The Labute approximate surface area is 126 Å². The Kier molecular flexibility index (Phi) is 4.14. The molecule has 0 bridgehead atoms. The fourth-order valence-electron chi connectivity index (χ4n) is 2.76. The van der Waals surface area contributed by atoms with Crippen LogP contribution in [0.3, 0.4) is 0 Å². The monoisotopic (exact) mass is 292 g/mol. The Morgan fingerprint density at radius 2 is 1.71 bits per heavy atom. The zero-order valence-electron chi connectivity index (χ0n) is 13.2. The topological polar surface area (TPSA) is 64.8 Å². The van der Waals surface area contributed by atoms with Crippen molar-refractivity contribution in [1.82, 2.24) is 4.90 Å². The van der Waals surface area contributed by atoms with E-state index in [4.69, 9.17) is 15.2 Å². The Bertz CT molecular complexity index is 493. The predicted octanol–water partition coefficient (Wildman–Crippen LogP) is 2.06. The summed E-state index contributed by atoms with van der Waals surface area (Å²) in [5, 5.41) is 0. The number of benzene rings is 1. The molecule has 1 amide bonds. The van der Waals surface area contributed by atoms with Crippen molar-refractivity contribution in [2.75, 3.05) is 25.4 Å². The number of carbonyl (C=O) groups is 1. The first-order valence-corrected chi connectivity index (χ1v) is 7.13. The first-order chi connectivity index (χ1) is 9.67. The van der Waals surface area contributed by atoms with Gasteiger partial charge in [0.15, 0.2) is 6.61 Å². The van der Waals surface area contributed by atoms with Crippen molar-refractivity contribution in [2.24, 2.45) is 0 Å². The van der Waals surface area contributed by atoms with Crippen molar-refractivity contribution >= 4 is 11.6 Å². The second kappa shape index (κ2) is 5.56. The van der Waals surface area contributed by atoms with Gasteiger partial charge in [0.1, 0.15) is 5.75 Å². The number of anilines is 1. The van der Waals surface area contributed by atoms with Crippen LogP contribution in [-0.2, 0) is 9.53 Å². The van der Waals surface area contributed by atoms with Crippen molar-refractivity contribution in [3.05, 3.63) is 24.3 Å². The van der Waals surface area contributed by atoms with Crippen molar-refractivity contribution in [2.45, 2.75) is 38.9 Å². The van der Waals surface area contributed by atoms with E-state index in [2.05, 4.69) is 0 Å². The third-order valence-electron chi connectivity index (χ3n) is 3.29. The number of morpholine rings is 1. The molecule has 0 saturated carbocycles. The number of nitrogen functional groups attached to an aromatic ring is 1. The first-order valence-electron chi connectivity index (χ1n) is 7.13. The number of amides is 1. The van der Waals surface area contributed by atoms with Gasteiger partial charge < -0.3 is 20.1 Å². The van der Waals surface area contributed by atoms with Crippen LogP contribution in [0.2, 0.25) is 0 Å². The third-order valence-corrected chi connectivity index (χ3v) is 3.29. The smallest absolute Gasteiger partial charge is 0.260 e. The number of carbonyl (C=O) groups excluding carboxylic acids is 1. The van der Waals surface area contributed by atoms with Crippen LogP contribution < -0.4 is 10.5 Å². The molecule has 1 aliphatic heterocycles. The second-order valence-electron chi connectivity index (χ2n) is 6.73. The van der Waals surface area contributed by atoms with Crippen molar-refractivity contribution in [1.29, 1.82) is 0 Å². The molecule has 2 N–H and O–H groups in total. The van der Waals surface area contributed by atoms with Gasteiger partial charge >= 0.3 is 0 Å². The average molecular weight is 292 g/mol. The molecule has 116 valence electrons. The first kappa shape index (κ1) is 15.6. The Morgan fingerprint density at radius 3 is 2.24 bits per heavy atom. The summed E-state index contributed by atoms with van der Waals surface area (Å²) in [6.45, 7) is 9.14. The highest BCUT2D eigenvalue weighted by molar-refractivity contribution is 5.78. The largest absolute Gasteiger partial charge is 0.484 e. The summed E-state index contributed by atoms with van der Waals surface area (Å²) in [7, 11) is 0. The predicted molar refractivity (Wildman–Crippen MR) is 82.2 cm³/mol. The Morgan fingerprint density at radius 1 is 1.19 bits per heavy atom. The van der Waals surface area contributed by atoms with E-state index < -0.39 is 0 Å². The molecule has 0 aromatic heterocycles. The highest BCUT2D eigenvalue weighted by Crippen LogP contribution is 2.28. The summed E-state index contributed by atoms with van der Waals surface area (Å²) in [5.41, 5.74) is 5.59. The van der Waals surface area contributed by atoms with Gasteiger partial charge in [-0.3, -0.25) is 4.79 Å². The van der Waals surface area contributed by atoms with E-state index in [0.717, 1.165) is 0 Å². The molecule has 1 aromatic carbocycles. The zero-order valence-corrected chi connectivity index (χ0v) is 13.2. The summed E-state index contributed by atoms with van der Waals surface area (Å²) in [4.78, 5) is 14.1. The normalized spacial score (nSPS) is 20.1. The summed E-state index contributed by atoms with van der Waals surface area (Å²) in [5.74, 6) is 0.612. The molecule has 21 heavy (non-hydrogen) atoms. The van der Waals surface area contributed by atoms with Gasteiger partial charge in [-0.15, -0.1) is 0 Å². The van der Waals surface area contributed by atoms with Gasteiger partial charge in [0, 0.05) is 18.8 Å². The van der Waals surface area contributed by atoms with Crippen LogP contribution >= 0.6 is 0 Å². The molecule has 0 aliphatic carbocycles. The zero-order chi connectivity index (χ0) is 15.7. The third kappa shape index (κ3) is 4.36. The standard InChI is InChI=1S/C16H24N2O3/c1-15(2)10-18(11-16(3,4)21-15)14(19)9-20-13-7-5-12(17)6-8-13/h5-8H,9-11,17H2,1-4H3. The molecule has 1 aromatic rings. The van der Waals surface area contributed by atoms with Gasteiger partial charge in [-0.05, 0) is 52.0 Å². The molecule has 0 radical (unpaired) electrons. The lowest BCUT2D eigenvalue weighted by molar-refractivity contribution is -0.188. The van der Waals surface area contributed by atoms with Crippen molar-refractivity contribution in [3.8, 4) is 5.75 Å². The minimum Gasteiger partial charge on any atom is -0.484 e. The fraction of sp³-hybridized carbons (Fsp3) is 0.562. The van der Waals surface area contributed by atoms with Crippen molar-refractivity contribution in [3.63, 3.8) is 0 Å².